The van der Waals surface area contributed by atoms with Crippen molar-refractivity contribution in [3.8, 4) is 34.0 Å². The van der Waals surface area contributed by atoms with Crippen LogP contribution in [0.5, 0.6) is 5.75 Å². The Labute approximate surface area is 198 Å². The Balaban J connectivity index is 1.35. The van der Waals surface area contributed by atoms with Crippen molar-refractivity contribution in [3.63, 3.8) is 0 Å². The molecule has 0 amide bonds. The van der Waals surface area contributed by atoms with E-state index in [-0.39, 0.29) is 29.7 Å². The minimum atomic E-state index is -1.14. The fourth-order valence-electron chi connectivity index (χ4n) is 3.83. The van der Waals surface area contributed by atoms with Crippen molar-refractivity contribution in [1.82, 2.24) is 40.3 Å². The summed E-state index contributed by atoms with van der Waals surface area (Å²) < 4.78 is 41.8. The van der Waals surface area contributed by atoms with E-state index in [1.165, 1.54) is 12.1 Å². The third-order valence-electron chi connectivity index (χ3n) is 5.70. The molecule has 1 aliphatic rings. The number of morpholine rings is 1. The molecule has 1 aromatic carbocycles. The molecule has 0 unspecified atom stereocenters. The van der Waals surface area contributed by atoms with Crippen LogP contribution in [0.1, 0.15) is 6.42 Å². The fraction of sp³-hybridized carbons (Fsp3) is 0.318. The minimum absolute atomic E-state index is 0.109. The number of ether oxygens (including phenoxy) is 2. The molecule has 5 rings (SSSR count). The number of hydrogen-bond donors (Lipinski definition) is 2. The number of pyridine rings is 1. The normalized spacial score (nSPS) is 14.3. The Morgan fingerprint density at radius 2 is 1.97 bits per heavy atom. The number of halogens is 2. The first-order valence-electron chi connectivity index (χ1n) is 11.1. The van der Waals surface area contributed by atoms with Gasteiger partial charge < -0.3 is 15.2 Å². The first-order chi connectivity index (χ1) is 17.1. The Morgan fingerprint density at radius 1 is 1.11 bits per heavy atom. The van der Waals surface area contributed by atoms with Gasteiger partial charge in [-0.25, -0.2) is 9.37 Å². The number of rotatable bonds is 8. The predicted octanol–water partition coefficient (Wildman–Crippen LogP) is 2.08. The third kappa shape index (κ3) is 4.81. The number of H-pyrrole nitrogens is 1. The molecule has 11 nitrogen and oxygen atoms in total. The van der Waals surface area contributed by atoms with Crippen LogP contribution in [0.2, 0.25) is 0 Å². The van der Waals surface area contributed by atoms with Gasteiger partial charge in [-0.15, -0.1) is 5.10 Å². The summed E-state index contributed by atoms with van der Waals surface area (Å²) in [5.74, 6) is -2.19. The van der Waals surface area contributed by atoms with Gasteiger partial charge in [-0.2, -0.15) is 14.2 Å². The SMILES string of the molecule is Nc1ncc(-c2cn[nH]c2)cc1-c1nnnn1-c1ccc(OCCCN2CCOCC2)c(F)c1F. The maximum atomic E-state index is 15.1. The lowest BCUT2D eigenvalue weighted by atomic mass is 10.1. The molecule has 0 spiro atoms. The molecule has 3 N–H and O–H groups in total. The quantitative estimate of drug-likeness (QED) is 0.361. The lowest BCUT2D eigenvalue weighted by Crippen LogP contribution is -2.37. The maximum absolute atomic E-state index is 15.1. The van der Waals surface area contributed by atoms with Crippen LogP contribution in [-0.2, 0) is 4.74 Å². The zero-order chi connectivity index (χ0) is 24.2. The van der Waals surface area contributed by atoms with Gasteiger partial charge >= 0.3 is 0 Å². The van der Waals surface area contributed by atoms with E-state index in [1.54, 1.807) is 24.7 Å². The Morgan fingerprint density at radius 3 is 2.77 bits per heavy atom. The molecule has 0 bridgehead atoms. The van der Waals surface area contributed by atoms with Crippen LogP contribution in [0.4, 0.5) is 14.6 Å². The molecule has 3 aromatic heterocycles. The topological polar surface area (TPSA) is 133 Å². The summed E-state index contributed by atoms with van der Waals surface area (Å²) >= 11 is 0. The highest BCUT2D eigenvalue weighted by atomic mass is 19.2. The van der Waals surface area contributed by atoms with E-state index in [1.807, 2.05) is 0 Å². The highest BCUT2D eigenvalue weighted by molar-refractivity contribution is 5.76. The van der Waals surface area contributed by atoms with Crippen LogP contribution in [0, 0.1) is 11.6 Å². The van der Waals surface area contributed by atoms with E-state index in [0.717, 1.165) is 29.9 Å². The maximum Gasteiger partial charge on any atom is 0.202 e. The molecule has 1 aliphatic heterocycles. The summed E-state index contributed by atoms with van der Waals surface area (Å²) in [5, 5.41) is 18.1. The van der Waals surface area contributed by atoms with Gasteiger partial charge in [0.05, 0.1) is 31.6 Å². The number of nitrogens with one attached hydrogen (secondary N) is 1. The van der Waals surface area contributed by atoms with Gasteiger partial charge in [-0.05, 0) is 35.0 Å². The molecule has 4 heterocycles. The standard InChI is InChI=1S/C22H23F2N9O2/c23-19-17(2-3-18(20(19)24)35-7-1-4-32-5-8-34-9-6-32)33-22(29-30-31-33)16-10-14(11-26-21(16)25)15-12-27-28-13-15/h2-3,10-13H,1,4-9H2,(H2,25,26)(H,27,28). The molecule has 0 saturated carbocycles. The number of aromatic amines is 1. The van der Waals surface area contributed by atoms with E-state index < -0.39 is 11.6 Å². The van der Waals surface area contributed by atoms with Gasteiger partial charge in [0.2, 0.25) is 5.82 Å². The number of nitrogen functional groups attached to an aromatic ring is 1. The Kier molecular flexibility index (Phi) is 6.59. The van der Waals surface area contributed by atoms with Crippen molar-refractivity contribution >= 4 is 5.82 Å². The number of anilines is 1. The van der Waals surface area contributed by atoms with E-state index in [4.69, 9.17) is 15.2 Å². The highest BCUT2D eigenvalue weighted by Gasteiger charge is 2.22. The predicted molar refractivity (Wildman–Crippen MR) is 122 cm³/mol. The number of hydrogen-bond acceptors (Lipinski definition) is 9. The molecule has 182 valence electrons. The number of nitrogens with zero attached hydrogens (tertiary/aromatic N) is 7. The summed E-state index contributed by atoms with van der Waals surface area (Å²) in [6.45, 7) is 4.18. The van der Waals surface area contributed by atoms with Gasteiger partial charge in [-0.1, -0.05) is 0 Å². The molecule has 0 atom stereocenters. The van der Waals surface area contributed by atoms with Gasteiger partial charge in [0.25, 0.3) is 0 Å². The van der Waals surface area contributed by atoms with Crippen molar-refractivity contribution in [3.05, 3.63) is 48.4 Å². The molecule has 1 fully saturated rings. The van der Waals surface area contributed by atoms with Gasteiger partial charge in [-0.3, -0.25) is 10.00 Å². The molecular formula is C22H23F2N9O2. The van der Waals surface area contributed by atoms with E-state index in [2.05, 4.69) is 35.6 Å². The molecule has 4 aromatic rings. The zero-order valence-electron chi connectivity index (χ0n) is 18.7. The second kappa shape index (κ2) is 10.1. The summed E-state index contributed by atoms with van der Waals surface area (Å²) in [6, 6.07) is 4.42. The molecule has 35 heavy (non-hydrogen) atoms. The van der Waals surface area contributed by atoms with Crippen molar-refractivity contribution in [2.75, 3.05) is 45.2 Å². The summed E-state index contributed by atoms with van der Waals surface area (Å²) in [6.07, 6.45) is 5.56. The molecule has 0 aliphatic carbocycles. The first-order valence-corrected chi connectivity index (χ1v) is 11.1. The van der Waals surface area contributed by atoms with Crippen molar-refractivity contribution in [2.24, 2.45) is 0 Å². The van der Waals surface area contributed by atoms with Crippen LogP contribution < -0.4 is 10.5 Å². The van der Waals surface area contributed by atoms with Crippen LogP contribution in [0.3, 0.4) is 0 Å². The monoisotopic (exact) mass is 483 g/mol. The van der Waals surface area contributed by atoms with E-state index in [0.29, 0.717) is 30.8 Å². The summed E-state index contributed by atoms with van der Waals surface area (Å²) in [4.78, 5) is 6.43. The largest absolute Gasteiger partial charge is 0.490 e. The lowest BCUT2D eigenvalue weighted by molar-refractivity contribution is 0.0357. The van der Waals surface area contributed by atoms with E-state index >= 15 is 4.39 Å². The molecule has 0 radical (unpaired) electrons. The number of nitrogens with two attached hydrogens (primary N) is 1. The first kappa shape index (κ1) is 22.8. The minimum Gasteiger partial charge on any atom is -0.490 e. The van der Waals surface area contributed by atoms with Crippen LogP contribution >= 0.6 is 0 Å². The summed E-state index contributed by atoms with van der Waals surface area (Å²) in [5.41, 5.74) is 7.70. The molecule has 1 saturated heterocycles. The average Bonchev–Trinajstić information content (AvgIpc) is 3.58. The second-order valence-electron chi connectivity index (χ2n) is 7.92. The zero-order valence-corrected chi connectivity index (χ0v) is 18.7. The molecule has 13 heteroatoms. The van der Waals surface area contributed by atoms with Gasteiger partial charge in [0, 0.05) is 43.2 Å². The van der Waals surface area contributed by atoms with Crippen molar-refractivity contribution in [1.29, 1.82) is 0 Å². The third-order valence-corrected chi connectivity index (χ3v) is 5.70. The van der Waals surface area contributed by atoms with Crippen LogP contribution in [0.15, 0.2) is 36.8 Å². The Bertz CT molecular complexity index is 1290. The smallest absolute Gasteiger partial charge is 0.202 e. The van der Waals surface area contributed by atoms with Crippen LogP contribution in [0.25, 0.3) is 28.2 Å². The average molecular weight is 483 g/mol. The molecular weight excluding hydrogens is 460 g/mol. The summed E-state index contributed by atoms with van der Waals surface area (Å²) in [7, 11) is 0. The second-order valence-corrected chi connectivity index (χ2v) is 7.92. The fourth-order valence-corrected chi connectivity index (χ4v) is 3.83. The Hall–Kier alpha value is -3.97. The number of tetrazole rings is 1. The van der Waals surface area contributed by atoms with Crippen molar-refractivity contribution < 1.29 is 18.3 Å². The van der Waals surface area contributed by atoms with Gasteiger partial charge in [0.15, 0.2) is 17.4 Å². The number of aromatic nitrogens is 7. The van der Waals surface area contributed by atoms with E-state index in [9.17, 15) is 4.39 Å². The number of benzene rings is 1. The van der Waals surface area contributed by atoms with Crippen LogP contribution in [-0.4, -0.2) is 79.7 Å². The van der Waals surface area contributed by atoms with Gasteiger partial charge in [0.1, 0.15) is 11.5 Å². The van der Waals surface area contributed by atoms with Crippen molar-refractivity contribution in [2.45, 2.75) is 6.42 Å². The highest BCUT2D eigenvalue weighted by Crippen LogP contribution is 2.31. The lowest BCUT2D eigenvalue weighted by Gasteiger charge is -2.26.